The van der Waals surface area contributed by atoms with Crippen molar-refractivity contribution in [3.63, 3.8) is 0 Å². The number of carbonyl (C=O) groups excluding carboxylic acids is 1. The minimum absolute atomic E-state index is 0.169. The second-order valence-corrected chi connectivity index (χ2v) is 9.17. The molecule has 0 radical (unpaired) electrons. The van der Waals surface area contributed by atoms with Crippen LogP contribution in [0.4, 0.5) is 0 Å². The maximum atomic E-state index is 12.8. The third-order valence-corrected chi connectivity index (χ3v) is 6.74. The van der Waals surface area contributed by atoms with Crippen molar-refractivity contribution >= 4 is 15.7 Å². The van der Waals surface area contributed by atoms with Gasteiger partial charge in [0.1, 0.15) is 4.75 Å². The number of amides is 1. The first-order valence-corrected chi connectivity index (χ1v) is 9.87. The zero-order chi connectivity index (χ0) is 18.5. The number of benzene rings is 2. The summed E-state index contributed by atoms with van der Waals surface area (Å²) in [5.74, 6) is -0.471. The van der Waals surface area contributed by atoms with Crippen molar-refractivity contribution < 1.29 is 13.2 Å². The molecule has 4 nitrogen and oxygen atoms in total. The topological polar surface area (TPSA) is 63.2 Å². The molecule has 25 heavy (non-hydrogen) atoms. The van der Waals surface area contributed by atoms with Gasteiger partial charge in [-0.05, 0) is 51.3 Å². The summed E-state index contributed by atoms with van der Waals surface area (Å²) in [6.45, 7) is 5.24. The first-order valence-electron chi connectivity index (χ1n) is 8.38. The Bertz CT molecular complexity index is 810. The Balaban J connectivity index is 1.98. The van der Waals surface area contributed by atoms with E-state index in [0.29, 0.717) is 6.54 Å². The van der Waals surface area contributed by atoms with Crippen molar-refractivity contribution in [2.45, 2.75) is 43.3 Å². The number of nitrogens with one attached hydrogen (secondary N) is 1. The van der Waals surface area contributed by atoms with E-state index in [4.69, 9.17) is 0 Å². The van der Waals surface area contributed by atoms with Crippen molar-refractivity contribution in [1.82, 2.24) is 5.32 Å². The zero-order valence-electron chi connectivity index (χ0n) is 15.0. The lowest BCUT2D eigenvalue weighted by atomic mass is 10.1. The van der Waals surface area contributed by atoms with Gasteiger partial charge in [0.25, 0.3) is 0 Å². The van der Waals surface area contributed by atoms with Crippen LogP contribution in [0.5, 0.6) is 0 Å². The number of rotatable bonds is 7. The molecular formula is C20H25NO3S. The fraction of sp³-hybridized carbons (Fsp3) is 0.350. The summed E-state index contributed by atoms with van der Waals surface area (Å²) in [4.78, 5) is 12.6. The molecule has 0 fully saturated rings. The number of sulfone groups is 1. The first kappa shape index (κ1) is 19.2. The lowest BCUT2D eigenvalue weighted by Gasteiger charge is -2.24. The van der Waals surface area contributed by atoms with Crippen LogP contribution >= 0.6 is 0 Å². The number of hydrogen-bond donors (Lipinski definition) is 1. The SMILES string of the molecule is Cc1ccc(S(=O)(=O)C(C)(C)C(=O)NCCCc2ccccc2)cc1. The molecule has 0 saturated heterocycles. The molecule has 2 aromatic carbocycles. The highest BCUT2D eigenvalue weighted by Gasteiger charge is 2.42. The standard InChI is InChI=1S/C20H25NO3S/c1-16-11-13-18(14-12-16)25(23,24)20(2,3)19(22)21-15-7-10-17-8-5-4-6-9-17/h4-6,8-9,11-14H,7,10,15H2,1-3H3,(H,21,22). The molecule has 0 spiro atoms. The maximum Gasteiger partial charge on any atom is 0.241 e. The Labute approximate surface area is 150 Å². The van der Waals surface area contributed by atoms with E-state index in [9.17, 15) is 13.2 Å². The lowest BCUT2D eigenvalue weighted by Crippen LogP contribution is -2.48. The minimum atomic E-state index is -3.76. The van der Waals surface area contributed by atoms with E-state index >= 15 is 0 Å². The molecule has 0 aliphatic heterocycles. The van der Waals surface area contributed by atoms with Crippen molar-refractivity contribution in [3.05, 3.63) is 65.7 Å². The third-order valence-electron chi connectivity index (χ3n) is 4.32. The third kappa shape index (κ3) is 4.48. The monoisotopic (exact) mass is 359 g/mol. The van der Waals surface area contributed by atoms with Gasteiger partial charge in [-0.1, -0.05) is 48.0 Å². The average molecular weight is 359 g/mol. The van der Waals surface area contributed by atoms with E-state index in [1.165, 1.54) is 19.4 Å². The maximum absolute atomic E-state index is 12.8. The fourth-order valence-electron chi connectivity index (χ4n) is 2.49. The second-order valence-electron chi connectivity index (χ2n) is 6.67. The van der Waals surface area contributed by atoms with E-state index in [1.807, 2.05) is 37.3 Å². The van der Waals surface area contributed by atoms with Crippen LogP contribution in [0.25, 0.3) is 0 Å². The van der Waals surface area contributed by atoms with Gasteiger partial charge in [-0.2, -0.15) is 0 Å². The molecule has 2 rings (SSSR count). The lowest BCUT2D eigenvalue weighted by molar-refractivity contribution is -0.122. The molecule has 0 unspecified atom stereocenters. The Morgan fingerprint density at radius 2 is 1.60 bits per heavy atom. The van der Waals surface area contributed by atoms with E-state index < -0.39 is 20.5 Å². The molecule has 0 heterocycles. The predicted molar refractivity (Wildman–Crippen MR) is 100 cm³/mol. The number of carbonyl (C=O) groups is 1. The van der Waals surface area contributed by atoms with Gasteiger partial charge in [0.2, 0.25) is 5.91 Å². The highest BCUT2D eigenvalue weighted by molar-refractivity contribution is 7.93. The molecule has 2 aromatic rings. The summed E-state index contributed by atoms with van der Waals surface area (Å²) in [5.41, 5.74) is 2.17. The van der Waals surface area contributed by atoms with Gasteiger partial charge in [0, 0.05) is 6.54 Å². The average Bonchev–Trinajstić information content (AvgIpc) is 2.59. The summed E-state index contributed by atoms with van der Waals surface area (Å²) in [6, 6.07) is 16.6. The van der Waals surface area contributed by atoms with Gasteiger partial charge in [0.15, 0.2) is 9.84 Å². The van der Waals surface area contributed by atoms with E-state index in [0.717, 1.165) is 18.4 Å². The predicted octanol–water partition coefficient (Wildman–Crippen LogP) is 3.30. The van der Waals surface area contributed by atoms with Crippen molar-refractivity contribution in [3.8, 4) is 0 Å². The minimum Gasteiger partial charge on any atom is -0.355 e. The Kier molecular flexibility index (Phi) is 6.01. The molecule has 0 aliphatic carbocycles. The largest absolute Gasteiger partial charge is 0.355 e. The summed E-state index contributed by atoms with van der Waals surface area (Å²) < 4.78 is 24.1. The summed E-state index contributed by atoms with van der Waals surface area (Å²) in [5, 5.41) is 2.76. The molecule has 1 amide bonds. The van der Waals surface area contributed by atoms with Crippen LogP contribution in [0, 0.1) is 6.92 Å². The van der Waals surface area contributed by atoms with Gasteiger partial charge < -0.3 is 5.32 Å². The van der Waals surface area contributed by atoms with E-state index in [-0.39, 0.29) is 4.90 Å². The van der Waals surface area contributed by atoms with Crippen LogP contribution in [0.15, 0.2) is 59.5 Å². The van der Waals surface area contributed by atoms with Crippen LogP contribution in [0.3, 0.4) is 0 Å². The smallest absolute Gasteiger partial charge is 0.241 e. The van der Waals surface area contributed by atoms with Crippen molar-refractivity contribution in [2.24, 2.45) is 0 Å². The van der Waals surface area contributed by atoms with Gasteiger partial charge >= 0.3 is 0 Å². The van der Waals surface area contributed by atoms with E-state index in [2.05, 4.69) is 5.32 Å². The summed E-state index contributed by atoms with van der Waals surface area (Å²) >= 11 is 0. The number of aryl methyl sites for hydroxylation is 2. The van der Waals surface area contributed by atoms with Gasteiger partial charge in [-0.15, -0.1) is 0 Å². The van der Waals surface area contributed by atoms with Crippen LogP contribution < -0.4 is 5.32 Å². The summed E-state index contributed by atoms with van der Waals surface area (Å²) in [6.07, 6.45) is 1.60. The van der Waals surface area contributed by atoms with Gasteiger partial charge in [0.05, 0.1) is 4.90 Å². The van der Waals surface area contributed by atoms with Gasteiger partial charge in [-0.3, -0.25) is 4.79 Å². The van der Waals surface area contributed by atoms with Crippen LogP contribution in [0.2, 0.25) is 0 Å². The molecular weight excluding hydrogens is 334 g/mol. The van der Waals surface area contributed by atoms with Crippen LogP contribution in [0.1, 0.15) is 31.4 Å². The normalized spacial score (nSPS) is 12.0. The number of hydrogen-bond acceptors (Lipinski definition) is 3. The highest BCUT2D eigenvalue weighted by atomic mass is 32.2. The molecule has 0 bridgehead atoms. The molecule has 0 aromatic heterocycles. The van der Waals surface area contributed by atoms with Crippen molar-refractivity contribution in [2.75, 3.05) is 6.54 Å². The fourth-order valence-corrected chi connectivity index (χ4v) is 3.89. The van der Waals surface area contributed by atoms with E-state index in [1.54, 1.807) is 24.3 Å². The Morgan fingerprint density at radius 3 is 2.20 bits per heavy atom. The molecule has 1 N–H and O–H groups in total. The quantitative estimate of drug-likeness (QED) is 0.772. The molecule has 0 atom stereocenters. The molecule has 5 heteroatoms. The van der Waals surface area contributed by atoms with Crippen LogP contribution in [-0.4, -0.2) is 25.6 Å². The van der Waals surface area contributed by atoms with Crippen LogP contribution in [-0.2, 0) is 21.1 Å². The first-order chi connectivity index (χ1) is 11.7. The molecule has 0 saturated carbocycles. The Morgan fingerprint density at radius 1 is 1.00 bits per heavy atom. The van der Waals surface area contributed by atoms with Crippen molar-refractivity contribution in [1.29, 1.82) is 0 Å². The second kappa shape index (κ2) is 7.83. The summed E-state index contributed by atoms with van der Waals surface area (Å²) in [7, 11) is -3.76. The Hall–Kier alpha value is -2.14. The highest BCUT2D eigenvalue weighted by Crippen LogP contribution is 2.26. The van der Waals surface area contributed by atoms with Gasteiger partial charge in [-0.25, -0.2) is 8.42 Å². The molecule has 134 valence electrons. The molecule has 0 aliphatic rings. The zero-order valence-corrected chi connectivity index (χ0v) is 15.8.